The average molecular weight is 533 g/mol. The van der Waals surface area contributed by atoms with Crippen LogP contribution < -0.4 is 4.74 Å². The normalized spacial score (nSPS) is 24.4. The maximum atomic E-state index is 12.0. The van der Waals surface area contributed by atoms with Crippen molar-refractivity contribution in [3.8, 4) is 5.75 Å². The van der Waals surface area contributed by atoms with E-state index in [0.29, 0.717) is 6.42 Å². The van der Waals surface area contributed by atoms with Crippen LogP contribution in [0.25, 0.3) is 10.9 Å². The smallest absolute Gasteiger partial charge is 0.373 e. The molecule has 39 heavy (non-hydrogen) atoms. The molecule has 0 fully saturated rings. The summed E-state index contributed by atoms with van der Waals surface area (Å²) in [6.45, 7) is 5.75. The highest BCUT2D eigenvalue weighted by Crippen LogP contribution is 2.57. The summed E-state index contributed by atoms with van der Waals surface area (Å²) in [7, 11) is 1.40. The van der Waals surface area contributed by atoms with Crippen LogP contribution in [0.5, 0.6) is 5.75 Å². The fourth-order valence-corrected chi connectivity index (χ4v) is 6.42. The first kappa shape index (κ1) is 28.1. The minimum Gasteiger partial charge on any atom is -0.484 e. The topological polar surface area (TPSA) is 98.1 Å². The molecule has 8 heteroatoms. The van der Waals surface area contributed by atoms with E-state index in [1.54, 1.807) is 0 Å². The Hall–Kier alpha value is -3.87. The van der Waals surface area contributed by atoms with E-state index in [1.165, 1.54) is 18.7 Å². The molecule has 206 valence electrons. The van der Waals surface area contributed by atoms with Crippen LogP contribution in [0.3, 0.4) is 0 Å². The Balaban J connectivity index is 0.00000112. The van der Waals surface area contributed by atoms with Crippen LogP contribution in [0.1, 0.15) is 56.9 Å². The van der Waals surface area contributed by atoms with Gasteiger partial charge in [0.15, 0.2) is 0 Å². The molecule has 2 aliphatic heterocycles. The zero-order valence-corrected chi connectivity index (χ0v) is 22.8. The number of ether oxygens (including phenoxy) is 2. The van der Waals surface area contributed by atoms with Gasteiger partial charge in [-0.1, -0.05) is 43.3 Å². The van der Waals surface area contributed by atoms with Crippen LogP contribution in [0.4, 0.5) is 0 Å². The van der Waals surface area contributed by atoms with Gasteiger partial charge in [-0.2, -0.15) is 9.59 Å². The first-order valence-electron chi connectivity index (χ1n) is 13.4. The molecular weight excluding hydrogens is 496 g/mol. The molecule has 2 aromatic carbocycles. The van der Waals surface area contributed by atoms with Crippen LogP contribution in [0, 0.1) is 5.41 Å². The summed E-state index contributed by atoms with van der Waals surface area (Å²) in [5, 5.41) is 13.1. The molecule has 3 unspecified atom stereocenters. The standard InChI is InChI=1S/C30H36N2O4.CO2/c1-4-30-17-10-18-31(20-16-26(33)35-3)19-15-24-23-13-8-9-14-25(23)32(29(2,34)21-30)27(24)28(30)36-22-11-6-5-7-12-22;2-1-3/h5-9,11-14,16,20,28,34H,4,10,15,17-19,21H2,1-3H3;/b20-16+;. The van der Waals surface area contributed by atoms with E-state index in [-0.39, 0.29) is 23.6 Å². The largest absolute Gasteiger partial charge is 0.484 e. The van der Waals surface area contributed by atoms with Gasteiger partial charge in [-0.15, -0.1) is 0 Å². The van der Waals surface area contributed by atoms with E-state index < -0.39 is 5.72 Å². The second kappa shape index (κ2) is 11.9. The lowest BCUT2D eigenvalue weighted by atomic mass is 9.66. The molecule has 3 aromatic rings. The van der Waals surface area contributed by atoms with Gasteiger partial charge in [0.05, 0.1) is 18.3 Å². The van der Waals surface area contributed by atoms with E-state index in [1.807, 2.05) is 49.5 Å². The lowest BCUT2D eigenvalue weighted by molar-refractivity contribution is -0.191. The quantitative estimate of drug-likeness (QED) is 0.366. The summed E-state index contributed by atoms with van der Waals surface area (Å²) in [6, 6.07) is 18.4. The molecule has 3 atom stereocenters. The molecule has 0 radical (unpaired) electrons. The number of esters is 1. The molecule has 2 bridgehead atoms. The summed E-state index contributed by atoms with van der Waals surface area (Å²) in [5.74, 6) is 0.505. The third-order valence-corrected chi connectivity index (χ3v) is 8.09. The average Bonchev–Trinajstić information content (AvgIpc) is 3.27. The summed E-state index contributed by atoms with van der Waals surface area (Å²) in [4.78, 5) is 30.2. The summed E-state index contributed by atoms with van der Waals surface area (Å²) in [6.07, 6.45) is 7.54. The molecule has 3 heterocycles. The van der Waals surface area contributed by atoms with E-state index >= 15 is 0 Å². The summed E-state index contributed by atoms with van der Waals surface area (Å²) in [5.41, 5.74) is 2.06. The maximum absolute atomic E-state index is 12.0. The lowest BCUT2D eigenvalue weighted by Gasteiger charge is -2.51. The number of para-hydroxylation sites is 2. The predicted molar refractivity (Wildman–Crippen MR) is 146 cm³/mol. The number of carbonyl (C=O) groups is 1. The number of methoxy groups -OCH3 is 1. The Kier molecular flexibility index (Phi) is 8.58. The van der Waals surface area contributed by atoms with Gasteiger partial charge >= 0.3 is 12.1 Å². The van der Waals surface area contributed by atoms with E-state index in [2.05, 4.69) is 34.6 Å². The number of fused-ring (bicyclic) bond motifs is 4. The summed E-state index contributed by atoms with van der Waals surface area (Å²) < 4.78 is 13.8. The van der Waals surface area contributed by atoms with Crippen LogP contribution in [0.2, 0.25) is 0 Å². The van der Waals surface area contributed by atoms with Crippen molar-refractivity contribution in [3.05, 3.63) is 78.1 Å². The number of nitrogens with zero attached hydrogens (tertiary/aromatic N) is 2. The van der Waals surface area contributed by atoms with Gasteiger partial charge < -0.3 is 24.0 Å². The fourth-order valence-electron chi connectivity index (χ4n) is 6.42. The minimum absolute atomic E-state index is 0.176. The molecule has 2 aliphatic rings. The number of hydrogen-bond acceptors (Lipinski definition) is 7. The third-order valence-electron chi connectivity index (χ3n) is 8.09. The zero-order chi connectivity index (χ0) is 28.0. The van der Waals surface area contributed by atoms with Crippen molar-refractivity contribution < 1.29 is 29.0 Å². The van der Waals surface area contributed by atoms with Crippen molar-refractivity contribution in [2.75, 3.05) is 20.2 Å². The Bertz CT molecular complexity index is 1360. The van der Waals surface area contributed by atoms with Crippen LogP contribution in [-0.2, 0) is 31.3 Å². The SMILES string of the molecule is CCC12CCCN(/C=C/C(=O)OC)CCc3c(n(c4ccccc34)C(C)(O)C1)C2Oc1ccccc1.O=C=O. The highest BCUT2D eigenvalue weighted by atomic mass is 16.5. The highest BCUT2D eigenvalue weighted by molar-refractivity contribution is 5.86. The second-order valence-corrected chi connectivity index (χ2v) is 10.4. The Morgan fingerprint density at radius 3 is 2.51 bits per heavy atom. The van der Waals surface area contributed by atoms with Crippen molar-refractivity contribution in [1.29, 1.82) is 0 Å². The van der Waals surface area contributed by atoms with Crippen LogP contribution in [-0.4, -0.2) is 46.9 Å². The van der Waals surface area contributed by atoms with Gasteiger partial charge in [-0.3, -0.25) is 0 Å². The molecule has 0 amide bonds. The van der Waals surface area contributed by atoms with E-state index in [9.17, 15) is 9.90 Å². The van der Waals surface area contributed by atoms with E-state index in [4.69, 9.17) is 19.1 Å². The van der Waals surface area contributed by atoms with Gasteiger partial charge in [0.2, 0.25) is 0 Å². The lowest BCUT2D eigenvalue weighted by Crippen LogP contribution is -2.49. The highest BCUT2D eigenvalue weighted by Gasteiger charge is 2.53. The zero-order valence-electron chi connectivity index (χ0n) is 22.8. The fraction of sp³-hybridized carbons (Fsp3) is 0.419. The maximum Gasteiger partial charge on any atom is 0.373 e. The van der Waals surface area contributed by atoms with Gasteiger partial charge in [-0.05, 0) is 56.4 Å². The van der Waals surface area contributed by atoms with Crippen molar-refractivity contribution in [3.63, 3.8) is 0 Å². The Morgan fingerprint density at radius 2 is 1.82 bits per heavy atom. The molecule has 0 aliphatic carbocycles. The van der Waals surface area contributed by atoms with E-state index in [0.717, 1.165) is 61.1 Å². The third kappa shape index (κ3) is 5.63. The number of benzene rings is 2. The van der Waals surface area contributed by atoms with Crippen molar-refractivity contribution in [2.45, 2.75) is 57.8 Å². The van der Waals surface area contributed by atoms with Crippen molar-refractivity contribution in [2.24, 2.45) is 5.41 Å². The molecule has 1 aromatic heterocycles. The van der Waals surface area contributed by atoms with Crippen LogP contribution >= 0.6 is 0 Å². The number of carbonyl (C=O) groups excluding carboxylic acids is 3. The monoisotopic (exact) mass is 532 g/mol. The molecule has 5 rings (SSSR count). The van der Waals surface area contributed by atoms with Crippen molar-refractivity contribution in [1.82, 2.24) is 9.47 Å². The molecule has 0 saturated carbocycles. The second-order valence-electron chi connectivity index (χ2n) is 10.4. The number of rotatable bonds is 5. The molecule has 0 saturated heterocycles. The van der Waals surface area contributed by atoms with Gasteiger partial charge in [0.1, 0.15) is 17.6 Å². The minimum atomic E-state index is -1.02. The first-order chi connectivity index (χ1) is 18.8. The van der Waals surface area contributed by atoms with Gasteiger partial charge in [-0.25, -0.2) is 4.79 Å². The molecule has 0 spiro atoms. The van der Waals surface area contributed by atoms with Crippen molar-refractivity contribution >= 4 is 23.0 Å². The Labute approximate surface area is 228 Å². The number of aromatic nitrogens is 1. The van der Waals surface area contributed by atoms with Crippen LogP contribution in [0.15, 0.2) is 66.9 Å². The first-order valence-corrected chi connectivity index (χ1v) is 13.4. The summed E-state index contributed by atoms with van der Waals surface area (Å²) >= 11 is 0. The predicted octanol–water partition coefficient (Wildman–Crippen LogP) is 4.97. The molecular formula is C31H36N2O6. The van der Waals surface area contributed by atoms with Gasteiger partial charge in [0, 0.05) is 42.6 Å². The molecule has 8 nitrogen and oxygen atoms in total. The van der Waals surface area contributed by atoms with Gasteiger partial charge in [0.25, 0.3) is 0 Å². The number of aliphatic hydroxyl groups is 1. The molecule has 1 N–H and O–H groups in total. The Morgan fingerprint density at radius 1 is 1.13 bits per heavy atom. The number of hydrogen-bond donors (Lipinski definition) is 1.